The zero-order valence-electron chi connectivity index (χ0n) is 17.3. The largest absolute Gasteiger partial charge is 0.467 e. The number of furan rings is 2. The lowest BCUT2D eigenvalue weighted by Gasteiger charge is -2.27. The van der Waals surface area contributed by atoms with Crippen LogP contribution in [0.1, 0.15) is 41.7 Å². The molecule has 4 heterocycles. The molecule has 1 aliphatic heterocycles. The number of rotatable bonds is 6. The number of hydrogen-bond donors (Lipinski definition) is 0. The minimum atomic E-state index is -0.432. The van der Waals surface area contributed by atoms with Gasteiger partial charge in [0.15, 0.2) is 6.61 Å². The van der Waals surface area contributed by atoms with Crippen molar-refractivity contribution in [1.82, 2.24) is 5.01 Å². The molecule has 0 radical (unpaired) electrons. The lowest BCUT2D eigenvalue weighted by Crippen LogP contribution is -2.34. The van der Waals surface area contributed by atoms with Gasteiger partial charge in [0.2, 0.25) is 0 Å². The van der Waals surface area contributed by atoms with Crippen molar-refractivity contribution in [2.45, 2.75) is 31.7 Å². The summed E-state index contributed by atoms with van der Waals surface area (Å²) in [6.45, 7) is -0.359. The molecule has 7 nitrogen and oxygen atoms in total. The van der Waals surface area contributed by atoms with E-state index in [0.717, 1.165) is 41.2 Å². The van der Waals surface area contributed by atoms with E-state index in [-0.39, 0.29) is 30.9 Å². The molecule has 0 N–H and O–H groups in total. The van der Waals surface area contributed by atoms with Crippen molar-refractivity contribution in [3.05, 3.63) is 76.3 Å². The van der Waals surface area contributed by atoms with E-state index in [0.29, 0.717) is 5.76 Å². The van der Waals surface area contributed by atoms with Crippen LogP contribution < -0.4 is 0 Å². The average molecular weight is 451 g/mol. The molecule has 0 bridgehead atoms. The van der Waals surface area contributed by atoms with Gasteiger partial charge in [-0.3, -0.25) is 9.59 Å². The number of fused-ring (bicyclic) bond motifs is 1. The van der Waals surface area contributed by atoms with Gasteiger partial charge < -0.3 is 13.6 Å². The molecule has 0 saturated heterocycles. The fourth-order valence-corrected chi connectivity index (χ4v) is 5.00. The van der Waals surface area contributed by atoms with Crippen LogP contribution in [0.2, 0.25) is 0 Å². The number of esters is 1. The lowest BCUT2D eigenvalue weighted by molar-refractivity contribution is -0.152. The predicted molar refractivity (Wildman–Crippen MR) is 119 cm³/mol. The third-order valence-corrected chi connectivity index (χ3v) is 6.58. The Morgan fingerprint density at radius 1 is 1.19 bits per heavy atom. The third-order valence-electron chi connectivity index (χ3n) is 5.71. The number of amides is 1. The number of carbonyl (C=O) groups excluding carboxylic acids is 2. The van der Waals surface area contributed by atoms with E-state index in [2.05, 4.69) is 0 Å². The van der Waals surface area contributed by atoms with Gasteiger partial charge in [0.25, 0.3) is 5.91 Å². The van der Waals surface area contributed by atoms with Gasteiger partial charge in [-0.05, 0) is 66.6 Å². The molecule has 1 amide bonds. The molecule has 3 aromatic rings. The van der Waals surface area contributed by atoms with Crippen LogP contribution in [-0.4, -0.2) is 29.2 Å². The molecular weight excluding hydrogens is 428 g/mol. The summed E-state index contributed by atoms with van der Waals surface area (Å²) >= 11 is 1.48. The quantitative estimate of drug-likeness (QED) is 0.502. The summed E-state index contributed by atoms with van der Waals surface area (Å²) in [5.74, 6) is 0.640. The van der Waals surface area contributed by atoms with Crippen molar-refractivity contribution in [2.75, 3.05) is 6.61 Å². The molecule has 1 aliphatic carbocycles. The SMILES string of the molecule is O=C(Cc1cccs1)OCC(=O)N1N=C2C(=Cc3ccco3)CCCC2C1c1ccco1. The van der Waals surface area contributed by atoms with Gasteiger partial charge in [-0.2, -0.15) is 5.10 Å². The van der Waals surface area contributed by atoms with Crippen LogP contribution in [0.25, 0.3) is 6.08 Å². The molecule has 0 aromatic carbocycles. The standard InChI is InChI=1S/C24H22N2O5S/c27-21(15-31-22(28)14-18-7-4-12-32-18)26-24(20-9-3-11-30-20)19-8-1-5-16(23(19)25-26)13-17-6-2-10-29-17/h2-4,6-7,9-13,19,24H,1,5,8,14-15H2. The molecular formula is C24H22N2O5S. The van der Waals surface area contributed by atoms with E-state index < -0.39 is 5.97 Å². The summed E-state index contributed by atoms with van der Waals surface area (Å²) in [4.78, 5) is 26.1. The Kier molecular flexibility index (Phi) is 5.77. The van der Waals surface area contributed by atoms with Gasteiger partial charge in [-0.1, -0.05) is 6.07 Å². The van der Waals surface area contributed by atoms with E-state index in [1.54, 1.807) is 18.6 Å². The second kappa shape index (κ2) is 9.00. The number of hydrogen-bond acceptors (Lipinski definition) is 7. The van der Waals surface area contributed by atoms with Gasteiger partial charge in [-0.25, -0.2) is 5.01 Å². The monoisotopic (exact) mass is 450 g/mol. The Morgan fingerprint density at radius 3 is 2.81 bits per heavy atom. The van der Waals surface area contributed by atoms with Crippen LogP contribution in [0.3, 0.4) is 0 Å². The highest BCUT2D eigenvalue weighted by molar-refractivity contribution is 7.10. The first-order valence-electron chi connectivity index (χ1n) is 10.6. The highest BCUT2D eigenvalue weighted by atomic mass is 32.1. The van der Waals surface area contributed by atoms with Crippen molar-refractivity contribution in [2.24, 2.45) is 11.0 Å². The van der Waals surface area contributed by atoms with E-state index in [9.17, 15) is 9.59 Å². The molecule has 8 heteroatoms. The maximum absolute atomic E-state index is 13.1. The minimum absolute atomic E-state index is 0.0156. The molecule has 1 saturated carbocycles. The summed E-state index contributed by atoms with van der Waals surface area (Å²) in [5.41, 5.74) is 1.92. The van der Waals surface area contributed by atoms with Crippen molar-refractivity contribution in [1.29, 1.82) is 0 Å². The molecule has 3 aromatic heterocycles. The fourth-order valence-electron chi connectivity index (χ4n) is 4.31. The molecule has 2 aliphatic rings. The van der Waals surface area contributed by atoms with E-state index in [1.165, 1.54) is 16.3 Å². The summed E-state index contributed by atoms with van der Waals surface area (Å²) in [7, 11) is 0. The maximum Gasteiger partial charge on any atom is 0.311 e. The first-order valence-corrected chi connectivity index (χ1v) is 11.4. The van der Waals surface area contributed by atoms with Crippen LogP contribution in [0.5, 0.6) is 0 Å². The smallest absolute Gasteiger partial charge is 0.311 e. The lowest BCUT2D eigenvalue weighted by atomic mass is 9.79. The maximum atomic E-state index is 13.1. The predicted octanol–water partition coefficient (Wildman–Crippen LogP) is 4.84. The zero-order valence-corrected chi connectivity index (χ0v) is 18.1. The molecule has 2 unspecified atom stereocenters. The molecule has 32 heavy (non-hydrogen) atoms. The normalized spacial score (nSPS) is 21.4. The van der Waals surface area contributed by atoms with E-state index in [1.807, 2.05) is 41.8 Å². The molecule has 0 spiro atoms. The fraction of sp³-hybridized carbons (Fsp3) is 0.292. The molecule has 164 valence electrons. The van der Waals surface area contributed by atoms with Crippen LogP contribution in [0, 0.1) is 5.92 Å². The Labute approximate surface area is 189 Å². The Hall–Kier alpha value is -3.39. The van der Waals surface area contributed by atoms with Crippen molar-refractivity contribution in [3.63, 3.8) is 0 Å². The van der Waals surface area contributed by atoms with Crippen molar-refractivity contribution >= 4 is 35.0 Å². The Morgan fingerprint density at radius 2 is 2.06 bits per heavy atom. The first kappa shape index (κ1) is 20.5. The third kappa shape index (κ3) is 4.18. The zero-order chi connectivity index (χ0) is 21.9. The summed E-state index contributed by atoms with van der Waals surface area (Å²) in [6, 6.07) is 10.8. The molecule has 5 rings (SSSR count). The van der Waals surface area contributed by atoms with Crippen LogP contribution in [-0.2, 0) is 20.7 Å². The summed E-state index contributed by atoms with van der Waals surface area (Å²) in [5, 5.41) is 8.03. The number of carbonyl (C=O) groups is 2. The van der Waals surface area contributed by atoms with Gasteiger partial charge in [0.1, 0.15) is 17.6 Å². The molecule has 2 atom stereocenters. The average Bonchev–Trinajstić information content (AvgIpc) is 3.59. The van der Waals surface area contributed by atoms with Gasteiger partial charge in [-0.15, -0.1) is 11.3 Å². The van der Waals surface area contributed by atoms with Gasteiger partial charge >= 0.3 is 5.97 Å². The van der Waals surface area contributed by atoms with E-state index in [4.69, 9.17) is 18.7 Å². The van der Waals surface area contributed by atoms with Crippen LogP contribution in [0.4, 0.5) is 0 Å². The van der Waals surface area contributed by atoms with Crippen LogP contribution >= 0.6 is 11.3 Å². The topological polar surface area (TPSA) is 85.3 Å². The second-order valence-electron chi connectivity index (χ2n) is 7.78. The van der Waals surface area contributed by atoms with Crippen LogP contribution in [0.15, 0.2) is 73.8 Å². The highest BCUT2D eigenvalue weighted by Gasteiger charge is 2.45. The van der Waals surface area contributed by atoms with Gasteiger partial charge in [0, 0.05) is 10.8 Å². The summed E-state index contributed by atoms with van der Waals surface area (Å²) < 4.78 is 16.4. The number of hydrazone groups is 1. The highest BCUT2D eigenvalue weighted by Crippen LogP contribution is 2.44. The number of nitrogens with zero attached hydrogens (tertiary/aromatic N) is 2. The minimum Gasteiger partial charge on any atom is -0.467 e. The Balaban J connectivity index is 1.37. The van der Waals surface area contributed by atoms with Crippen molar-refractivity contribution in [3.8, 4) is 0 Å². The number of ether oxygens (including phenoxy) is 1. The second-order valence-corrected chi connectivity index (χ2v) is 8.82. The number of allylic oxidation sites excluding steroid dienone is 1. The Bertz CT molecular complexity index is 1130. The number of thiophene rings is 1. The first-order chi connectivity index (χ1) is 15.7. The molecule has 1 fully saturated rings. The summed E-state index contributed by atoms with van der Waals surface area (Å²) in [6.07, 6.45) is 8.10. The van der Waals surface area contributed by atoms with Crippen molar-refractivity contribution < 1.29 is 23.2 Å². The van der Waals surface area contributed by atoms with E-state index >= 15 is 0 Å². The van der Waals surface area contributed by atoms with Gasteiger partial charge in [0.05, 0.1) is 24.7 Å².